The third-order valence-corrected chi connectivity index (χ3v) is 2.87. The van der Waals surface area contributed by atoms with Gasteiger partial charge in [0.05, 0.1) is 6.04 Å². The van der Waals surface area contributed by atoms with Crippen molar-refractivity contribution in [1.29, 1.82) is 0 Å². The second-order valence-electron chi connectivity index (χ2n) is 4.50. The van der Waals surface area contributed by atoms with E-state index >= 15 is 0 Å². The van der Waals surface area contributed by atoms with Gasteiger partial charge in [-0.15, -0.1) is 0 Å². The lowest BCUT2D eigenvalue weighted by molar-refractivity contribution is 0.0930. The molecule has 2 aromatic heterocycles. The largest absolute Gasteiger partial charge is 0.464 e. The number of carbonyl (C=O) groups is 2. The maximum absolute atomic E-state index is 12.0. The average molecular weight is 260 g/mol. The van der Waals surface area contributed by atoms with Gasteiger partial charge in [-0.05, 0) is 39.0 Å². The topological polar surface area (TPSA) is 75.1 Å². The molecule has 0 aliphatic rings. The molecule has 0 saturated carbocycles. The van der Waals surface area contributed by atoms with Gasteiger partial charge in [0.15, 0.2) is 5.78 Å². The monoisotopic (exact) mass is 260 g/mol. The molecule has 0 spiro atoms. The van der Waals surface area contributed by atoms with Crippen molar-refractivity contribution in [3.8, 4) is 0 Å². The van der Waals surface area contributed by atoms with E-state index in [0.29, 0.717) is 17.0 Å². The van der Waals surface area contributed by atoms with Crippen molar-refractivity contribution < 1.29 is 14.0 Å². The quantitative estimate of drug-likeness (QED) is 0.830. The first-order valence-corrected chi connectivity index (χ1v) is 6.04. The van der Waals surface area contributed by atoms with Crippen molar-refractivity contribution in [2.45, 2.75) is 26.8 Å². The van der Waals surface area contributed by atoms with E-state index in [1.54, 1.807) is 0 Å². The number of hydrogen-bond acceptors (Lipinski definition) is 3. The minimum atomic E-state index is -0.269. The summed E-state index contributed by atoms with van der Waals surface area (Å²) in [5.74, 6) is 1.15. The van der Waals surface area contributed by atoms with E-state index in [-0.39, 0.29) is 17.7 Å². The minimum Gasteiger partial charge on any atom is -0.464 e. The fourth-order valence-electron chi connectivity index (χ4n) is 1.76. The zero-order chi connectivity index (χ0) is 14.0. The van der Waals surface area contributed by atoms with Gasteiger partial charge in [-0.2, -0.15) is 0 Å². The van der Waals surface area contributed by atoms with Gasteiger partial charge in [0.25, 0.3) is 5.91 Å². The molecule has 0 saturated heterocycles. The molecule has 1 amide bonds. The minimum absolute atomic E-state index is 0.0787. The number of amides is 1. The zero-order valence-electron chi connectivity index (χ0n) is 11.1. The average Bonchev–Trinajstić information content (AvgIpc) is 2.96. The smallest absolute Gasteiger partial charge is 0.268 e. The molecule has 5 nitrogen and oxygen atoms in total. The number of nitrogens with one attached hydrogen (secondary N) is 2. The number of aromatic nitrogens is 1. The summed E-state index contributed by atoms with van der Waals surface area (Å²) in [4.78, 5) is 25.9. The molecule has 19 heavy (non-hydrogen) atoms. The Morgan fingerprint density at radius 1 is 1.37 bits per heavy atom. The molecule has 0 aliphatic carbocycles. The Hall–Kier alpha value is -2.30. The molecule has 2 rings (SSSR count). The summed E-state index contributed by atoms with van der Waals surface area (Å²) in [6.07, 6.45) is 1.53. The molecule has 2 aromatic rings. The van der Waals surface area contributed by atoms with Gasteiger partial charge in [-0.3, -0.25) is 9.59 Å². The molecular weight excluding hydrogens is 244 g/mol. The van der Waals surface area contributed by atoms with E-state index in [1.165, 1.54) is 19.2 Å². The number of carbonyl (C=O) groups excluding carboxylic acids is 2. The van der Waals surface area contributed by atoms with Gasteiger partial charge < -0.3 is 14.7 Å². The van der Waals surface area contributed by atoms with Crippen LogP contribution in [0, 0.1) is 6.92 Å². The van der Waals surface area contributed by atoms with Gasteiger partial charge in [0.2, 0.25) is 0 Å². The Kier molecular flexibility index (Phi) is 3.55. The molecule has 0 aromatic carbocycles. The van der Waals surface area contributed by atoms with Gasteiger partial charge in [0, 0.05) is 11.8 Å². The summed E-state index contributed by atoms with van der Waals surface area (Å²) in [6, 6.07) is 4.99. The van der Waals surface area contributed by atoms with E-state index in [4.69, 9.17) is 4.42 Å². The summed E-state index contributed by atoms with van der Waals surface area (Å²) in [7, 11) is 0. The Bertz CT molecular complexity index is 610. The molecule has 2 N–H and O–H groups in total. The van der Waals surface area contributed by atoms with Gasteiger partial charge in [-0.1, -0.05) is 0 Å². The normalized spacial score (nSPS) is 12.2. The van der Waals surface area contributed by atoms with Gasteiger partial charge >= 0.3 is 0 Å². The van der Waals surface area contributed by atoms with Crippen LogP contribution in [0.15, 0.2) is 28.8 Å². The van der Waals surface area contributed by atoms with Crippen LogP contribution in [0.1, 0.15) is 52.3 Å². The van der Waals surface area contributed by atoms with Crippen molar-refractivity contribution in [2.24, 2.45) is 0 Å². The van der Waals surface area contributed by atoms with Crippen molar-refractivity contribution in [2.75, 3.05) is 0 Å². The predicted octanol–water partition coefficient (Wildman–Crippen LogP) is 2.61. The van der Waals surface area contributed by atoms with Crippen molar-refractivity contribution in [3.05, 3.63) is 47.2 Å². The highest BCUT2D eigenvalue weighted by Gasteiger charge is 2.16. The molecule has 0 bridgehead atoms. The van der Waals surface area contributed by atoms with Crippen LogP contribution >= 0.6 is 0 Å². The lowest BCUT2D eigenvalue weighted by Gasteiger charge is -2.10. The second kappa shape index (κ2) is 5.14. The fourth-order valence-corrected chi connectivity index (χ4v) is 1.76. The third-order valence-electron chi connectivity index (χ3n) is 2.87. The van der Waals surface area contributed by atoms with Crippen LogP contribution in [0.4, 0.5) is 0 Å². The van der Waals surface area contributed by atoms with Crippen LogP contribution in [0.2, 0.25) is 0 Å². The molecule has 2 heterocycles. The molecular formula is C14H16N2O3. The molecule has 0 fully saturated rings. The zero-order valence-corrected chi connectivity index (χ0v) is 11.1. The fraction of sp³-hybridized carbons (Fsp3) is 0.286. The van der Waals surface area contributed by atoms with E-state index in [9.17, 15) is 9.59 Å². The number of ketones is 1. The summed E-state index contributed by atoms with van der Waals surface area (Å²) in [6.45, 7) is 5.15. The first kappa shape index (κ1) is 13.1. The Morgan fingerprint density at radius 2 is 2.11 bits per heavy atom. The highest BCUT2D eigenvalue weighted by atomic mass is 16.3. The Morgan fingerprint density at radius 3 is 2.63 bits per heavy atom. The highest BCUT2D eigenvalue weighted by molar-refractivity contribution is 5.99. The van der Waals surface area contributed by atoms with Crippen molar-refractivity contribution in [3.63, 3.8) is 0 Å². The molecule has 100 valence electrons. The molecule has 1 unspecified atom stereocenters. The highest BCUT2D eigenvalue weighted by Crippen LogP contribution is 2.16. The predicted molar refractivity (Wildman–Crippen MR) is 70.1 cm³/mol. The summed E-state index contributed by atoms with van der Waals surface area (Å²) < 4.78 is 5.45. The SMILES string of the molecule is CC(=O)c1c[nH]c(C(=O)NC(C)c2ccc(C)o2)c1. The van der Waals surface area contributed by atoms with Crippen LogP contribution in [0.5, 0.6) is 0 Å². The summed E-state index contributed by atoms with van der Waals surface area (Å²) in [5, 5.41) is 2.80. The molecule has 1 atom stereocenters. The molecule has 0 radical (unpaired) electrons. The maximum atomic E-state index is 12.0. The lowest BCUT2D eigenvalue weighted by atomic mass is 10.2. The van der Waals surface area contributed by atoms with Crippen molar-refractivity contribution >= 4 is 11.7 Å². The first-order chi connectivity index (χ1) is 8.97. The van der Waals surface area contributed by atoms with E-state index in [2.05, 4.69) is 10.3 Å². The van der Waals surface area contributed by atoms with Crippen LogP contribution in [-0.4, -0.2) is 16.7 Å². The van der Waals surface area contributed by atoms with Crippen LogP contribution in [0.25, 0.3) is 0 Å². The third kappa shape index (κ3) is 2.93. The maximum Gasteiger partial charge on any atom is 0.268 e. The summed E-state index contributed by atoms with van der Waals surface area (Å²) >= 11 is 0. The lowest BCUT2D eigenvalue weighted by Crippen LogP contribution is -2.26. The summed E-state index contributed by atoms with van der Waals surface area (Å²) in [5.41, 5.74) is 0.854. The molecule has 0 aliphatic heterocycles. The van der Waals surface area contributed by atoms with Gasteiger partial charge in [-0.25, -0.2) is 0 Å². The number of aryl methyl sites for hydroxylation is 1. The molecule has 5 heteroatoms. The van der Waals surface area contributed by atoms with E-state index in [0.717, 1.165) is 5.76 Å². The van der Waals surface area contributed by atoms with E-state index in [1.807, 2.05) is 26.0 Å². The van der Waals surface area contributed by atoms with Crippen LogP contribution in [0.3, 0.4) is 0 Å². The number of hydrogen-bond donors (Lipinski definition) is 2. The van der Waals surface area contributed by atoms with Gasteiger partial charge in [0.1, 0.15) is 17.2 Å². The number of Topliss-reactive ketones (excluding diaryl/α,β-unsaturated/α-hetero) is 1. The van der Waals surface area contributed by atoms with Crippen LogP contribution < -0.4 is 5.32 Å². The number of H-pyrrole nitrogens is 1. The number of furan rings is 1. The number of aromatic amines is 1. The first-order valence-electron chi connectivity index (χ1n) is 6.04. The Balaban J connectivity index is 2.06. The standard InChI is InChI=1S/C14H16N2O3/c1-8-4-5-13(19-8)9(2)16-14(18)12-6-11(7-15-12)10(3)17/h4-7,9,15H,1-3H3,(H,16,18). The second-order valence-corrected chi connectivity index (χ2v) is 4.50. The number of rotatable bonds is 4. The van der Waals surface area contributed by atoms with Crippen LogP contribution in [-0.2, 0) is 0 Å². The van der Waals surface area contributed by atoms with E-state index < -0.39 is 0 Å². The van der Waals surface area contributed by atoms with Crippen molar-refractivity contribution in [1.82, 2.24) is 10.3 Å². The Labute approximate surface area is 111 Å².